The molecule has 1 atom stereocenters. The maximum absolute atomic E-state index is 12.3. The van der Waals surface area contributed by atoms with Gasteiger partial charge in [-0.25, -0.2) is 4.79 Å². The molecule has 0 heterocycles. The molecular formula is C20H28N2O. The Bertz CT molecular complexity index is 533. The van der Waals surface area contributed by atoms with E-state index in [1.165, 1.54) is 38.5 Å². The van der Waals surface area contributed by atoms with Gasteiger partial charge in [-0.15, -0.1) is 0 Å². The molecule has 4 aliphatic rings. The smallest absolute Gasteiger partial charge is 0.315 e. The molecule has 0 radical (unpaired) electrons. The second-order valence-electron chi connectivity index (χ2n) is 8.38. The first-order valence-electron chi connectivity index (χ1n) is 9.21. The van der Waals surface area contributed by atoms with E-state index >= 15 is 0 Å². The number of urea groups is 1. The first kappa shape index (κ1) is 15.0. The Hall–Kier alpha value is -1.51. The fraction of sp³-hybridized carbons (Fsp3) is 0.650. The zero-order valence-electron chi connectivity index (χ0n) is 14.1. The molecule has 2 amide bonds. The van der Waals surface area contributed by atoms with Crippen molar-refractivity contribution in [1.29, 1.82) is 0 Å². The number of amides is 2. The molecule has 2 N–H and O–H groups in total. The molecule has 3 heteroatoms. The molecule has 5 rings (SSSR count). The normalized spacial score (nSPS) is 35.8. The van der Waals surface area contributed by atoms with Gasteiger partial charge in [-0.2, -0.15) is 0 Å². The number of rotatable bonds is 4. The third kappa shape index (κ3) is 3.11. The van der Waals surface area contributed by atoms with Crippen LogP contribution in [-0.2, 0) is 0 Å². The molecule has 4 bridgehead atoms. The minimum atomic E-state index is -0.0166. The minimum absolute atomic E-state index is 0.0166. The van der Waals surface area contributed by atoms with Gasteiger partial charge in [0, 0.05) is 6.54 Å². The second kappa shape index (κ2) is 5.85. The van der Waals surface area contributed by atoms with Gasteiger partial charge in [0.2, 0.25) is 0 Å². The molecule has 4 aliphatic carbocycles. The summed E-state index contributed by atoms with van der Waals surface area (Å²) in [7, 11) is 0. The average molecular weight is 312 g/mol. The predicted molar refractivity (Wildman–Crippen MR) is 92.0 cm³/mol. The number of hydrogen-bond acceptors (Lipinski definition) is 1. The van der Waals surface area contributed by atoms with E-state index in [0.29, 0.717) is 5.41 Å². The monoisotopic (exact) mass is 312 g/mol. The van der Waals surface area contributed by atoms with Crippen molar-refractivity contribution in [2.45, 2.75) is 51.5 Å². The van der Waals surface area contributed by atoms with Crippen LogP contribution < -0.4 is 10.6 Å². The van der Waals surface area contributed by atoms with Crippen molar-refractivity contribution in [1.82, 2.24) is 10.6 Å². The molecule has 0 spiro atoms. The number of carbonyl (C=O) groups is 1. The topological polar surface area (TPSA) is 41.1 Å². The zero-order valence-corrected chi connectivity index (χ0v) is 14.1. The van der Waals surface area contributed by atoms with Crippen molar-refractivity contribution >= 4 is 6.03 Å². The van der Waals surface area contributed by atoms with Crippen molar-refractivity contribution in [3.8, 4) is 0 Å². The Labute approximate surface area is 139 Å². The molecule has 0 aromatic heterocycles. The molecule has 23 heavy (non-hydrogen) atoms. The first-order chi connectivity index (χ1) is 11.1. The van der Waals surface area contributed by atoms with Crippen LogP contribution >= 0.6 is 0 Å². The summed E-state index contributed by atoms with van der Waals surface area (Å²) in [5.74, 6) is 2.82. The van der Waals surface area contributed by atoms with E-state index < -0.39 is 0 Å². The van der Waals surface area contributed by atoms with Crippen LogP contribution in [0.3, 0.4) is 0 Å². The maximum atomic E-state index is 12.3. The van der Waals surface area contributed by atoms with Gasteiger partial charge < -0.3 is 10.6 Å². The highest BCUT2D eigenvalue weighted by atomic mass is 16.2. The van der Waals surface area contributed by atoms with Gasteiger partial charge in [0.25, 0.3) is 0 Å². The van der Waals surface area contributed by atoms with E-state index in [-0.39, 0.29) is 12.1 Å². The lowest BCUT2D eigenvalue weighted by molar-refractivity contribution is -0.0498. The Morgan fingerprint density at radius 2 is 1.65 bits per heavy atom. The molecule has 1 unspecified atom stereocenters. The zero-order chi connectivity index (χ0) is 15.9. The molecule has 1 aromatic rings. The van der Waals surface area contributed by atoms with Gasteiger partial charge in [0.15, 0.2) is 0 Å². The van der Waals surface area contributed by atoms with Gasteiger partial charge >= 0.3 is 6.03 Å². The van der Waals surface area contributed by atoms with Crippen LogP contribution in [0.5, 0.6) is 0 Å². The highest BCUT2D eigenvalue weighted by Crippen LogP contribution is 2.59. The quantitative estimate of drug-likeness (QED) is 0.857. The predicted octanol–water partition coefficient (Wildman–Crippen LogP) is 4.26. The summed E-state index contributed by atoms with van der Waals surface area (Å²) in [6, 6.07) is 10.2. The third-order valence-corrected chi connectivity index (χ3v) is 6.44. The Morgan fingerprint density at radius 1 is 1.09 bits per heavy atom. The van der Waals surface area contributed by atoms with Crippen molar-refractivity contribution < 1.29 is 4.79 Å². The summed E-state index contributed by atoms with van der Waals surface area (Å²) < 4.78 is 0. The van der Waals surface area contributed by atoms with E-state index in [4.69, 9.17) is 0 Å². The van der Waals surface area contributed by atoms with Crippen LogP contribution in [0, 0.1) is 23.2 Å². The Balaban J connectivity index is 1.32. The fourth-order valence-corrected chi connectivity index (χ4v) is 5.85. The van der Waals surface area contributed by atoms with E-state index in [0.717, 1.165) is 29.9 Å². The van der Waals surface area contributed by atoms with Crippen LogP contribution in [0.1, 0.15) is 57.1 Å². The molecule has 124 valence electrons. The summed E-state index contributed by atoms with van der Waals surface area (Å²) in [6.45, 7) is 2.91. The number of benzene rings is 1. The SMILES string of the molecule is CC(NC(=O)NCC12CC3CC(CC(C3)C1)C2)c1ccccc1. The summed E-state index contributed by atoms with van der Waals surface area (Å²) in [5.41, 5.74) is 1.56. The van der Waals surface area contributed by atoms with Crippen molar-refractivity contribution in [2.24, 2.45) is 23.2 Å². The summed E-state index contributed by atoms with van der Waals surface area (Å²) in [5, 5.41) is 6.27. The Kier molecular flexibility index (Phi) is 3.82. The number of carbonyl (C=O) groups excluding carboxylic acids is 1. The lowest BCUT2D eigenvalue weighted by Gasteiger charge is -2.56. The van der Waals surface area contributed by atoms with Crippen molar-refractivity contribution in [3.05, 3.63) is 35.9 Å². The third-order valence-electron chi connectivity index (χ3n) is 6.44. The van der Waals surface area contributed by atoms with Crippen LogP contribution in [0.25, 0.3) is 0 Å². The first-order valence-corrected chi connectivity index (χ1v) is 9.21. The highest BCUT2D eigenvalue weighted by molar-refractivity contribution is 5.74. The van der Waals surface area contributed by atoms with E-state index in [1.807, 2.05) is 25.1 Å². The van der Waals surface area contributed by atoms with Crippen LogP contribution in [-0.4, -0.2) is 12.6 Å². The number of hydrogen-bond donors (Lipinski definition) is 2. The van der Waals surface area contributed by atoms with Gasteiger partial charge in [-0.3, -0.25) is 0 Å². The molecule has 0 aliphatic heterocycles. The maximum Gasteiger partial charge on any atom is 0.315 e. The van der Waals surface area contributed by atoms with Gasteiger partial charge in [-0.1, -0.05) is 30.3 Å². The lowest BCUT2D eigenvalue weighted by Crippen LogP contribution is -2.52. The van der Waals surface area contributed by atoms with Crippen molar-refractivity contribution in [3.63, 3.8) is 0 Å². The average Bonchev–Trinajstić information content (AvgIpc) is 2.53. The summed E-state index contributed by atoms with van der Waals surface area (Å²) in [6.07, 6.45) is 8.39. The lowest BCUT2D eigenvalue weighted by atomic mass is 9.49. The fourth-order valence-electron chi connectivity index (χ4n) is 5.85. The molecule has 0 saturated heterocycles. The van der Waals surface area contributed by atoms with E-state index in [9.17, 15) is 4.79 Å². The van der Waals surface area contributed by atoms with E-state index in [1.54, 1.807) is 0 Å². The highest BCUT2D eigenvalue weighted by Gasteiger charge is 2.50. The van der Waals surface area contributed by atoms with Crippen molar-refractivity contribution in [2.75, 3.05) is 6.54 Å². The molecule has 3 nitrogen and oxygen atoms in total. The second-order valence-corrected chi connectivity index (χ2v) is 8.38. The molecule has 1 aromatic carbocycles. The minimum Gasteiger partial charge on any atom is -0.338 e. The van der Waals surface area contributed by atoms with Crippen LogP contribution in [0.4, 0.5) is 4.79 Å². The summed E-state index contributed by atoms with van der Waals surface area (Å²) >= 11 is 0. The number of nitrogens with one attached hydrogen (secondary N) is 2. The van der Waals surface area contributed by atoms with Crippen LogP contribution in [0.15, 0.2) is 30.3 Å². The standard InChI is InChI=1S/C20H28N2O/c1-14(18-5-3-2-4-6-18)22-19(23)21-13-20-10-15-7-16(11-20)9-17(8-15)12-20/h2-6,14-17H,7-13H2,1H3,(H2,21,22,23). The van der Waals surface area contributed by atoms with Crippen LogP contribution in [0.2, 0.25) is 0 Å². The largest absolute Gasteiger partial charge is 0.338 e. The summed E-state index contributed by atoms with van der Waals surface area (Å²) in [4.78, 5) is 12.3. The van der Waals surface area contributed by atoms with Gasteiger partial charge in [0.05, 0.1) is 6.04 Å². The molecule has 4 saturated carbocycles. The van der Waals surface area contributed by atoms with E-state index in [2.05, 4.69) is 22.8 Å². The molecule has 4 fully saturated rings. The molecular weight excluding hydrogens is 284 g/mol. The van der Waals surface area contributed by atoms with Gasteiger partial charge in [-0.05, 0) is 74.2 Å². The Morgan fingerprint density at radius 3 is 2.22 bits per heavy atom. The van der Waals surface area contributed by atoms with Gasteiger partial charge in [0.1, 0.15) is 0 Å².